The largest absolute Gasteiger partial charge is 0.355 e. The number of hydrogen-bond acceptors (Lipinski definition) is 7. The number of nitrogens with one attached hydrogen (secondary N) is 2. The normalized spacial score (nSPS) is 14.0. The molecule has 0 atom stereocenters. The third kappa shape index (κ3) is 4.78. The summed E-state index contributed by atoms with van der Waals surface area (Å²) in [6.07, 6.45) is 3.49. The number of piperidine rings is 1. The summed E-state index contributed by atoms with van der Waals surface area (Å²) in [5.74, 6) is 1.40. The molecular weight excluding hydrogens is 390 g/mol. The van der Waals surface area contributed by atoms with Crippen molar-refractivity contribution in [3.05, 3.63) is 71.5 Å². The van der Waals surface area contributed by atoms with E-state index in [2.05, 4.69) is 48.7 Å². The first-order chi connectivity index (χ1) is 15.2. The lowest BCUT2D eigenvalue weighted by Crippen LogP contribution is -2.34. The van der Waals surface area contributed by atoms with Crippen molar-refractivity contribution in [2.45, 2.75) is 18.8 Å². The van der Waals surface area contributed by atoms with Crippen LogP contribution < -0.4 is 15.5 Å². The second-order valence-corrected chi connectivity index (χ2v) is 7.39. The van der Waals surface area contributed by atoms with E-state index in [0.29, 0.717) is 28.9 Å². The van der Waals surface area contributed by atoms with E-state index < -0.39 is 0 Å². The predicted octanol–water partition coefficient (Wildman–Crippen LogP) is 3.23. The van der Waals surface area contributed by atoms with Gasteiger partial charge in [-0.25, -0.2) is 9.97 Å². The van der Waals surface area contributed by atoms with Crippen molar-refractivity contribution in [1.82, 2.24) is 20.3 Å². The number of nitrogens with zero attached hydrogens (tertiary/aromatic N) is 5. The number of carbonyl (C=O) groups excluding carboxylic acids is 1. The first-order valence-electron chi connectivity index (χ1n) is 10.2. The van der Waals surface area contributed by atoms with Crippen molar-refractivity contribution in [2.24, 2.45) is 0 Å². The first kappa shape index (κ1) is 20.3. The fourth-order valence-electron chi connectivity index (χ4n) is 3.75. The molecule has 1 saturated heterocycles. The molecule has 2 aromatic carbocycles. The van der Waals surface area contributed by atoms with Crippen LogP contribution in [0.2, 0.25) is 0 Å². The van der Waals surface area contributed by atoms with Gasteiger partial charge in [0.1, 0.15) is 6.33 Å². The molecule has 2 heterocycles. The zero-order valence-electron chi connectivity index (χ0n) is 17.2. The Hall–Kier alpha value is -3.99. The fourth-order valence-corrected chi connectivity index (χ4v) is 3.75. The molecule has 8 heteroatoms. The molecule has 1 amide bonds. The smallest absolute Gasteiger partial charge is 0.251 e. The van der Waals surface area contributed by atoms with Gasteiger partial charge >= 0.3 is 0 Å². The Morgan fingerprint density at radius 2 is 1.90 bits per heavy atom. The molecule has 31 heavy (non-hydrogen) atoms. The van der Waals surface area contributed by atoms with Crippen LogP contribution in [0.25, 0.3) is 0 Å². The van der Waals surface area contributed by atoms with Crippen molar-refractivity contribution in [1.29, 1.82) is 5.26 Å². The van der Waals surface area contributed by atoms with Gasteiger partial charge < -0.3 is 15.5 Å². The fraction of sp³-hybridized carbons (Fsp3) is 0.261. The summed E-state index contributed by atoms with van der Waals surface area (Å²) in [6.45, 7) is 1.69. The Morgan fingerprint density at radius 3 is 2.61 bits per heavy atom. The van der Waals surface area contributed by atoms with Crippen LogP contribution >= 0.6 is 0 Å². The topological polar surface area (TPSA) is 107 Å². The molecule has 8 nitrogen and oxygen atoms in total. The quantitative estimate of drug-likeness (QED) is 0.661. The SMILES string of the molecule is CNC(=O)c1cccc(Nc2ncnc(N3CCC(c4ccc(C#N)cc4)CC3)n2)c1. The maximum Gasteiger partial charge on any atom is 0.251 e. The Bertz CT molecular complexity index is 1100. The van der Waals surface area contributed by atoms with Gasteiger partial charge in [0.2, 0.25) is 11.9 Å². The van der Waals surface area contributed by atoms with Crippen LogP contribution in [-0.2, 0) is 0 Å². The molecule has 1 aliphatic heterocycles. The van der Waals surface area contributed by atoms with E-state index in [1.165, 1.54) is 11.9 Å². The summed E-state index contributed by atoms with van der Waals surface area (Å²) < 4.78 is 0. The Kier molecular flexibility index (Phi) is 6.03. The van der Waals surface area contributed by atoms with E-state index >= 15 is 0 Å². The standard InChI is InChI=1S/C23H23N7O/c1-25-21(31)19-3-2-4-20(13-19)28-22-26-15-27-23(29-22)30-11-9-18(10-12-30)17-7-5-16(14-24)6-8-17/h2-8,13,15,18H,9-12H2,1H3,(H,25,31)(H,26,27,28,29). The monoisotopic (exact) mass is 413 g/mol. The molecule has 1 aliphatic rings. The molecule has 0 aliphatic carbocycles. The molecule has 3 aromatic rings. The van der Waals surface area contributed by atoms with Gasteiger partial charge in [-0.1, -0.05) is 18.2 Å². The van der Waals surface area contributed by atoms with Crippen LogP contribution in [0.4, 0.5) is 17.6 Å². The number of nitriles is 1. The highest BCUT2D eigenvalue weighted by Gasteiger charge is 2.22. The maximum absolute atomic E-state index is 11.8. The molecule has 2 N–H and O–H groups in total. The van der Waals surface area contributed by atoms with Gasteiger partial charge in [-0.15, -0.1) is 0 Å². The molecule has 4 rings (SSSR count). The van der Waals surface area contributed by atoms with Gasteiger partial charge in [0.25, 0.3) is 5.91 Å². The van der Waals surface area contributed by atoms with Crippen molar-refractivity contribution < 1.29 is 4.79 Å². The number of aromatic nitrogens is 3. The lowest BCUT2D eigenvalue weighted by Gasteiger charge is -2.32. The van der Waals surface area contributed by atoms with Gasteiger partial charge in [-0.2, -0.15) is 10.2 Å². The number of benzene rings is 2. The highest BCUT2D eigenvalue weighted by atomic mass is 16.1. The third-order valence-corrected chi connectivity index (χ3v) is 5.46. The average molecular weight is 413 g/mol. The van der Waals surface area contributed by atoms with Crippen molar-refractivity contribution >= 4 is 23.5 Å². The van der Waals surface area contributed by atoms with E-state index in [1.807, 2.05) is 24.3 Å². The molecule has 1 aromatic heterocycles. The van der Waals surface area contributed by atoms with Crippen LogP contribution in [-0.4, -0.2) is 41.0 Å². The summed E-state index contributed by atoms with van der Waals surface area (Å²) in [6, 6.07) is 17.2. The minimum Gasteiger partial charge on any atom is -0.355 e. The van der Waals surface area contributed by atoms with Crippen molar-refractivity contribution in [2.75, 3.05) is 30.4 Å². The summed E-state index contributed by atoms with van der Waals surface area (Å²) in [5.41, 5.74) is 3.25. The van der Waals surface area contributed by atoms with E-state index in [-0.39, 0.29) is 5.91 Å². The van der Waals surface area contributed by atoms with E-state index in [1.54, 1.807) is 19.2 Å². The molecule has 156 valence electrons. The lowest BCUT2D eigenvalue weighted by molar-refractivity contribution is 0.0963. The summed E-state index contributed by atoms with van der Waals surface area (Å²) >= 11 is 0. The predicted molar refractivity (Wildman–Crippen MR) is 118 cm³/mol. The lowest BCUT2D eigenvalue weighted by atomic mass is 9.89. The second kappa shape index (κ2) is 9.22. The van der Waals surface area contributed by atoms with Crippen molar-refractivity contribution in [3.8, 4) is 6.07 Å². The molecule has 1 fully saturated rings. The first-order valence-corrected chi connectivity index (χ1v) is 10.2. The van der Waals surface area contributed by atoms with Crippen LogP contribution in [0.15, 0.2) is 54.9 Å². The maximum atomic E-state index is 11.8. The number of hydrogen-bond donors (Lipinski definition) is 2. The zero-order chi connectivity index (χ0) is 21.6. The Morgan fingerprint density at radius 1 is 1.13 bits per heavy atom. The minimum atomic E-state index is -0.148. The minimum absolute atomic E-state index is 0.148. The Balaban J connectivity index is 1.41. The van der Waals surface area contributed by atoms with Gasteiger partial charge in [-0.3, -0.25) is 4.79 Å². The average Bonchev–Trinajstić information content (AvgIpc) is 2.84. The second-order valence-electron chi connectivity index (χ2n) is 7.39. The van der Waals surface area contributed by atoms with Gasteiger partial charge in [0.05, 0.1) is 11.6 Å². The number of anilines is 3. The van der Waals surface area contributed by atoms with E-state index in [9.17, 15) is 4.79 Å². The van der Waals surface area contributed by atoms with Gasteiger partial charge in [0, 0.05) is 31.4 Å². The summed E-state index contributed by atoms with van der Waals surface area (Å²) in [7, 11) is 1.60. The molecule has 0 unspecified atom stereocenters. The Labute approximate surface area is 181 Å². The van der Waals surface area contributed by atoms with Crippen LogP contribution in [0.3, 0.4) is 0 Å². The highest BCUT2D eigenvalue weighted by molar-refractivity contribution is 5.95. The third-order valence-electron chi connectivity index (χ3n) is 5.46. The van der Waals surface area contributed by atoms with Crippen molar-refractivity contribution in [3.63, 3.8) is 0 Å². The summed E-state index contributed by atoms with van der Waals surface area (Å²) in [4.78, 5) is 27.1. The number of amides is 1. The van der Waals surface area contributed by atoms with Crippen LogP contribution in [0.1, 0.15) is 40.2 Å². The number of carbonyl (C=O) groups is 1. The molecule has 0 saturated carbocycles. The molecule has 0 radical (unpaired) electrons. The van der Waals surface area contributed by atoms with Crippen LogP contribution in [0.5, 0.6) is 0 Å². The van der Waals surface area contributed by atoms with Gasteiger partial charge in [-0.05, 0) is 54.7 Å². The summed E-state index contributed by atoms with van der Waals surface area (Å²) in [5, 5.41) is 14.7. The van der Waals surface area contributed by atoms with Crippen LogP contribution in [0, 0.1) is 11.3 Å². The molecule has 0 bridgehead atoms. The number of rotatable bonds is 5. The van der Waals surface area contributed by atoms with E-state index in [0.717, 1.165) is 31.6 Å². The zero-order valence-corrected chi connectivity index (χ0v) is 17.2. The highest BCUT2D eigenvalue weighted by Crippen LogP contribution is 2.29. The van der Waals surface area contributed by atoms with Gasteiger partial charge in [0.15, 0.2) is 0 Å². The molecular formula is C23H23N7O. The van der Waals surface area contributed by atoms with E-state index in [4.69, 9.17) is 5.26 Å². The molecule has 0 spiro atoms.